The monoisotopic (exact) mass is 525 g/mol. The Morgan fingerprint density at radius 1 is 0.974 bits per heavy atom. The van der Waals surface area contributed by atoms with Crippen molar-refractivity contribution in [3.05, 3.63) is 112 Å². The summed E-state index contributed by atoms with van der Waals surface area (Å²) >= 11 is 0. The molecule has 0 spiro atoms. The zero-order valence-corrected chi connectivity index (χ0v) is 22.2. The molecule has 0 fully saturated rings. The topological polar surface area (TPSA) is 94.1 Å². The van der Waals surface area contributed by atoms with E-state index in [1.165, 1.54) is 0 Å². The highest BCUT2D eigenvalue weighted by Crippen LogP contribution is 2.47. The lowest BCUT2D eigenvalue weighted by atomic mass is 9.71. The van der Waals surface area contributed by atoms with E-state index in [2.05, 4.69) is 5.32 Å². The van der Waals surface area contributed by atoms with E-state index in [9.17, 15) is 14.7 Å². The van der Waals surface area contributed by atoms with E-state index in [0.717, 1.165) is 22.6 Å². The van der Waals surface area contributed by atoms with E-state index in [0.29, 0.717) is 34.6 Å². The minimum absolute atomic E-state index is 0.0547. The molecule has 0 radical (unpaired) electrons. The number of nitrogens with one attached hydrogen (secondary N) is 1. The van der Waals surface area contributed by atoms with Gasteiger partial charge in [0.1, 0.15) is 23.9 Å². The van der Waals surface area contributed by atoms with Crippen molar-refractivity contribution in [2.45, 2.75) is 38.2 Å². The van der Waals surface area contributed by atoms with Crippen molar-refractivity contribution in [1.29, 1.82) is 0 Å². The number of allylic oxidation sites excluding steroid dienone is 3. The molecule has 0 amide bonds. The van der Waals surface area contributed by atoms with Gasteiger partial charge in [-0.1, -0.05) is 42.5 Å². The molecule has 7 nitrogen and oxygen atoms in total. The van der Waals surface area contributed by atoms with Gasteiger partial charge in [-0.15, -0.1) is 0 Å². The SMILES string of the molecule is COc1ccc(COC(=O)C2=C(C)NC3=C(C(=O)C[C@H](c4ccccc4OC)C3)[C@@H]2c2cccc(O)c2)cc1. The number of ether oxygens (including phenoxy) is 3. The molecule has 2 aliphatic rings. The summed E-state index contributed by atoms with van der Waals surface area (Å²) in [6, 6.07) is 21.7. The first-order chi connectivity index (χ1) is 18.9. The number of phenolic OH excluding ortho intramolecular Hbond substituents is 1. The average molecular weight is 526 g/mol. The summed E-state index contributed by atoms with van der Waals surface area (Å²) in [5, 5.41) is 13.6. The number of Topliss-reactive ketones (excluding diaryl/α,β-unsaturated/α-hetero) is 1. The summed E-state index contributed by atoms with van der Waals surface area (Å²) in [6.07, 6.45) is 0.867. The van der Waals surface area contributed by atoms with E-state index < -0.39 is 11.9 Å². The second-order valence-corrected chi connectivity index (χ2v) is 9.78. The third-order valence-corrected chi connectivity index (χ3v) is 7.36. The van der Waals surface area contributed by atoms with Gasteiger partial charge >= 0.3 is 5.97 Å². The molecule has 1 aliphatic heterocycles. The van der Waals surface area contributed by atoms with Crippen LogP contribution in [0.5, 0.6) is 17.2 Å². The predicted octanol–water partition coefficient (Wildman–Crippen LogP) is 5.51. The van der Waals surface area contributed by atoms with Crippen molar-refractivity contribution < 1.29 is 28.9 Å². The molecule has 0 saturated carbocycles. The highest BCUT2D eigenvalue weighted by Gasteiger charge is 2.42. The predicted molar refractivity (Wildman–Crippen MR) is 146 cm³/mol. The number of hydrogen-bond acceptors (Lipinski definition) is 7. The first-order valence-electron chi connectivity index (χ1n) is 12.9. The number of dihydropyridines is 1. The third-order valence-electron chi connectivity index (χ3n) is 7.36. The maximum absolute atomic E-state index is 13.8. The number of ketones is 1. The molecular formula is C32H31NO6. The minimum atomic E-state index is -0.664. The van der Waals surface area contributed by atoms with E-state index in [1.54, 1.807) is 44.6 Å². The molecule has 3 aromatic carbocycles. The van der Waals surface area contributed by atoms with Gasteiger partial charge in [-0.25, -0.2) is 4.79 Å². The Balaban J connectivity index is 1.49. The van der Waals surface area contributed by atoms with Crippen LogP contribution in [0.25, 0.3) is 0 Å². The molecule has 0 aromatic heterocycles. The first kappa shape index (κ1) is 26.1. The highest BCUT2D eigenvalue weighted by molar-refractivity contribution is 6.04. The van der Waals surface area contributed by atoms with Crippen molar-refractivity contribution in [3.63, 3.8) is 0 Å². The standard InChI is InChI=1S/C32H31NO6/c1-19-29(32(36)39-18-20-11-13-24(37-2)14-12-20)30(21-7-6-8-23(34)15-21)31-26(33-19)16-22(17-27(31)35)25-9-4-5-10-28(25)38-3/h4-15,22,30,33-34H,16-18H2,1-3H3/t22-,30-/m1/s1. The van der Waals surface area contributed by atoms with Crippen LogP contribution in [0.1, 0.15) is 48.3 Å². The summed E-state index contributed by atoms with van der Waals surface area (Å²) in [5.41, 5.74) is 4.74. The number of hydrogen-bond donors (Lipinski definition) is 2. The number of phenols is 1. The lowest BCUT2D eigenvalue weighted by Gasteiger charge is -2.37. The maximum atomic E-state index is 13.8. The molecule has 0 saturated heterocycles. The maximum Gasteiger partial charge on any atom is 0.337 e. The van der Waals surface area contributed by atoms with Crippen molar-refractivity contribution in [2.24, 2.45) is 0 Å². The first-order valence-corrected chi connectivity index (χ1v) is 12.9. The zero-order chi connectivity index (χ0) is 27.5. The Hall–Kier alpha value is -4.52. The van der Waals surface area contributed by atoms with Crippen molar-refractivity contribution in [3.8, 4) is 17.2 Å². The number of para-hydroxylation sites is 1. The average Bonchev–Trinajstić information content (AvgIpc) is 2.95. The quantitative estimate of drug-likeness (QED) is 0.393. The Morgan fingerprint density at radius 2 is 1.74 bits per heavy atom. The number of carbonyl (C=O) groups excluding carboxylic acids is 2. The Bertz CT molecular complexity index is 1470. The van der Waals surface area contributed by atoms with Gasteiger partial charge in [0.05, 0.1) is 19.8 Å². The van der Waals surface area contributed by atoms with Crippen LogP contribution in [-0.2, 0) is 20.9 Å². The molecule has 1 aliphatic carbocycles. The highest BCUT2D eigenvalue weighted by atomic mass is 16.5. The van der Waals surface area contributed by atoms with Crippen LogP contribution < -0.4 is 14.8 Å². The number of rotatable bonds is 7. The van der Waals surface area contributed by atoms with Crippen LogP contribution in [0.15, 0.2) is 95.3 Å². The molecule has 200 valence electrons. The van der Waals surface area contributed by atoms with Gasteiger partial charge in [0.2, 0.25) is 0 Å². The van der Waals surface area contributed by atoms with Gasteiger partial charge in [0.25, 0.3) is 0 Å². The molecular weight excluding hydrogens is 494 g/mol. The van der Waals surface area contributed by atoms with Crippen LogP contribution in [-0.4, -0.2) is 31.1 Å². The molecule has 2 N–H and O–H groups in total. The molecule has 5 rings (SSSR count). The summed E-state index contributed by atoms with van der Waals surface area (Å²) < 4.78 is 16.5. The molecule has 7 heteroatoms. The van der Waals surface area contributed by atoms with Crippen LogP contribution >= 0.6 is 0 Å². The van der Waals surface area contributed by atoms with Crippen LogP contribution in [0, 0.1) is 0 Å². The van der Waals surface area contributed by atoms with Crippen molar-refractivity contribution in [1.82, 2.24) is 5.32 Å². The second kappa shape index (κ2) is 11.1. The second-order valence-electron chi connectivity index (χ2n) is 9.78. The van der Waals surface area contributed by atoms with E-state index in [-0.39, 0.29) is 30.5 Å². The molecule has 0 bridgehead atoms. The Labute approximate surface area is 227 Å². The lowest BCUT2D eigenvalue weighted by molar-refractivity contribution is -0.140. The molecule has 1 heterocycles. The van der Waals surface area contributed by atoms with Crippen LogP contribution in [0.3, 0.4) is 0 Å². The molecule has 0 unspecified atom stereocenters. The van der Waals surface area contributed by atoms with Gasteiger partial charge in [-0.2, -0.15) is 0 Å². The number of benzene rings is 3. The fourth-order valence-corrected chi connectivity index (χ4v) is 5.52. The lowest BCUT2D eigenvalue weighted by Crippen LogP contribution is -2.36. The number of esters is 1. The summed E-state index contributed by atoms with van der Waals surface area (Å²) in [5.74, 6) is 0.215. The zero-order valence-electron chi connectivity index (χ0n) is 22.2. The van der Waals surface area contributed by atoms with Gasteiger partial charge in [0, 0.05) is 35.2 Å². The van der Waals surface area contributed by atoms with Gasteiger partial charge in [-0.05, 0) is 60.4 Å². The minimum Gasteiger partial charge on any atom is -0.508 e. The van der Waals surface area contributed by atoms with E-state index in [1.807, 2.05) is 49.4 Å². The largest absolute Gasteiger partial charge is 0.508 e. The van der Waals surface area contributed by atoms with Gasteiger partial charge in [-0.3, -0.25) is 4.79 Å². The van der Waals surface area contributed by atoms with Crippen LogP contribution in [0.4, 0.5) is 0 Å². The number of methoxy groups -OCH3 is 2. The molecule has 2 atom stereocenters. The molecule has 39 heavy (non-hydrogen) atoms. The molecule has 3 aromatic rings. The van der Waals surface area contributed by atoms with Gasteiger partial charge in [0.15, 0.2) is 5.78 Å². The third kappa shape index (κ3) is 5.25. The normalized spacial score (nSPS) is 18.8. The smallest absolute Gasteiger partial charge is 0.337 e. The van der Waals surface area contributed by atoms with E-state index >= 15 is 0 Å². The fourth-order valence-electron chi connectivity index (χ4n) is 5.52. The number of aromatic hydroxyl groups is 1. The fraction of sp³-hybridized carbons (Fsp3) is 0.250. The Kier molecular flexibility index (Phi) is 7.41. The van der Waals surface area contributed by atoms with Crippen LogP contribution in [0.2, 0.25) is 0 Å². The summed E-state index contributed by atoms with van der Waals surface area (Å²) in [4.78, 5) is 27.4. The van der Waals surface area contributed by atoms with Crippen molar-refractivity contribution in [2.75, 3.05) is 14.2 Å². The number of carbonyl (C=O) groups is 2. The summed E-state index contributed by atoms with van der Waals surface area (Å²) in [6.45, 7) is 1.89. The van der Waals surface area contributed by atoms with E-state index in [4.69, 9.17) is 14.2 Å². The summed E-state index contributed by atoms with van der Waals surface area (Å²) in [7, 11) is 3.22. The van der Waals surface area contributed by atoms with Gasteiger partial charge < -0.3 is 24.6 Å². The Morgan fingerprint density at radius 3 is 2.46 bits per heavy atom. The van der Waals surface area contributed by atoms with Crippen molar-refractivity contribution >= 4 is 11.8 Å².